The largest absolute Gasteiger partial charge is 0.432 e. The van der Waals surface area contributed by atoms with E-state index in [4.69, 9.17) is 4.52 Å². The third-order valence-electron chi connectivity index (χ3n) is 4.37. The Bertz CT molecular complexity index is 951. The second-order valence-corrected chi connectivity index (χ2v) is 6.14. The van der Waals surface area contributed by atoms with Crippen molar-refractivity contribution in [1.82, 2.24) is 25.2 Å². The Kier molecular flexibility index (Phi) is 4.17. The number of aromatic amines is 1. The number of alkyl halides is 3. The molecule has 1 aliphatic heterocycles. The summed E-state index contributed by atoms with van der Waals surface area (Å²) in [5.41, 5.74) is -0.590. The van der Waals surface area contributed by atoms with Crippen molar-refractivity contribution in [3.63, 3.8) is 0 Å². The van der Waals surface area contributed by atoms with Crippen LogP contribution in [0.4, 0.5) is 13.2 Å². The number of nitrogens with zero attached hydrogens (tertiary/aromatic N) is 4. The van der Waals surface area contributed by atoms with Gasteiger partial charge in [0.25, 0.3) is 5.91 Å². The Hall–Kier alpha value is -3.17. The van der Waals surface area contributed by atoms with Gasteiger partial charge in [0.1, 0.15) is 11.7 Å². The van der Waals surface area contributed by atoms with Crippen molar-refractivity contribution in [1.29, 1.82) is 0 Å². The first-order chi connectivity index (χ1) is 12.9. The van der Waals surface area contributed by atoms with Crippen molar-refractivity contribution in [2.24, 2.45) is 0 Å². The van der Waals surface area contributed by atoms with Gasteiger partial charge in [-0.1, -0.05) is 35.5 Å². The van der Waals surface area contributed by atoms with E-state index in [2.05, 4.69) is 15.2 Å². The topological polar surface area (TPSA) is 87.9 Å². The molecule has 4 rings (SSSR count). The highest BCUT2D eigenvalue weighted by molar-refractivity contribution is 5.92. The van der Waals surface area contributed by atoms with E-state index in [1.54, 1.807) is 0 Å². The highest BCUT2D eigenvalue weighted by atomic mass is 19.4. The Balaban J connectivity index is 1.57. The lowest BCUT2D eigenvalue weighted by molar-refractivity contribution is -0.141. The standard InChI is InChI=1S/C17H14F3N5O2/c18-17(19,20)13-9-11(22-23-13)16(26)25-8-4-7-12(25)15-21-14(24-27-15)10-5-2-1-3-6-10/h1-3,5-6,9,12H,4,7-8H2,(H,22,23)/t12-/m0/s1. The minimum absolute atomic E-state index is 0.256. The van der Waals surface area contributed by atoms with Gasteiger partial charge in [0, 0.05) is 18.2 Å². The van der Waals surface area contributed by atoms with Crippen molar-refractivity contribution >= 4 is 5.91 Å². The average molecular weight is 377 g/mol. The van der Waals surface area contributed by atoms with Crippen LogP contribution in [0.25, 0.3) is 11.4 Å². The Labute approximate surface area is 151 Å². The number of rotatable bonds is 3. The van der Waals surface area contributed by atoms with Crippen LogP contribution in [-0.4, -0.2) is 37.7 Å². The molecule has 7 nitrogen and oxygen atoms in total. The van der Waals surface area contributed by atoms with Gasteiger partial charge >= 0.3 is 6.18 Å². The van der Waals surface area contributed by atoms with E-state index in [-0.39, 0.29) is 11.6 Å². The number of carbonyl (C=O) groups is 1. The van der Waals surface area contributed by atoms with E-state index < -0.39 is 23.8 Å². The highest BCUT2D eigenvalue weighted by Crippen LogP contribution is 2.34. The summed E-state index contributed by atoms with van der Waals surface area (Å²) in [7, 11) is 0. The Morgan fingerprint density at radius 3 is 2.74 bits per heavy atom. The molecule has 0 bridgehead atoms. The molecule has 1 aliphatic rings. The number of aromatic nitrogens is 4. The maximum absolute atomic E-state index is 12.7. The fraction of sp³-hybridized carbons (Fsp3) is 0.294. The maximum Gasteiger partial charge on any atom is 0.432 e. The van der Waals surface area contributed by atoms with Crippen LogP contribution in [0.3, 0.4) is 0 Å². The van der Waals surface area contributed by atoms with Crippen molar-refractivity contribution in [2.75, 3.05) is 6.54 Å². The predicted octanol–water partition coefficient (Wildman–Crippen LogP) is 3.46. The molecule has 3 heterocycles. The summed E-state index contributed by atoms with van der Waals surface area (Å²) >= 11 is 0. The lowest BCUT2D eigenvalue weighted by atomic mass is 10.2. The van der Waals surface area contributed by atoms with Crippen LogP contribution in [0.2, 0.25) is 0 Å². The number of hydrogen-bond donors (Lipinski definition) is 1. The molecule has 140 valence electrons. The molecular weight excluding hydrogens is 363 g/mol. The van der Waals surface area contributed by atoms with Gasteiger partial charge in [-0.2, -0.15) is 23.3 Å². The molecule has 1 aromatic carbocycles. The summed E-state index contributed by atoms with van der Waals surface area (Å²) in [5, 5.41) is 9.30. The van der Waals surface area contributed by atoms with E-state index in [9.17, 15) is 18.0 Å². The van der Waals surface area contributed by atoms with E-state index >= 15 is 0 Å². The van der Waals surface area contributed by atoms with Gasteiger partial charge in [-0.25, -0.2) is 0 Å². The van der Waals surface area contributed by atoms with Gasteiger partial charge < -0.3 is 9.42 Å². The number of benzene rings is 1. The molecule has 0 saturated carbocycles. The molecule has 1 atom stereocenters. The first-order valence-electron chi connectivity index (χ1n) is 8.26. The van der Waals surface area contributed by atoms with Crippen LogP contribution in [0.15, 0.2) is 40.9 Å². The second-order valence-electron chi connectivity index (χ2n) is 6.14. The maximum atomic E-state index is 12.7. The fourth-order valence-corrected chi connectivity index (χ4v) is 3.07. The predicted molar refractivity (Wildman–Crippen MR) is 86.3 cm³/mol. The zero-order chi connectivity index (χ0) is 19.0. The number of hydrogen-bond acceptors (Lipinski definition) is 5. The fourth-order valence-electron chi connectivity index (χ4n) is 3.07. The van der Waals surface area contributed by atoms with Crippen LogP contribution < -0.4 is 0 Å². The summed E-state index contributed by atoms with van der Waals surface area (Å²) in [5.74, 6) is 0.0408. The Morgan fingerprint density at radius 2 is 2.04 bits per heavy atom. The van der Waals surface area contributed by atoms with E-state index in [1.807, 2.05) is 35.4 Å². The minimum atomic E-state index is -4.59. The van der Waals surface area contributed by atoms with Crippen molar-refractivity contribution in [3.05, 3.63) is 53.7 Å². The molecule has 1 amide bonds. The monoisotopic (exact) mass is 377 g/mol. The third kappa shape index (κ3) is 3.29. The first-order valence-corrected chi connectivity index (χ1v) is 8.26. The molecule has 0 radical (unpaired) electrons. The normalized spacial score (nSPS) is 17.4. The molecule has 10 heteroatoms. The number of halogens is 3. The molecule has 0 spiro atoms. The minimum Gasteiger partial charge on any atom is -0.337 e. The SMILES string of the molecule is O=C(c1cc(C(F)(F)F)[nH]n1)N1CCC[C@H]1c1nc(-c2ccccc2)no1. The smallest absolute Gasteiger partial charge is 0.337 e. The number of carbonyl (C=O) groups excluding carboxylic acids is 1. The summed E-state index contributed by atoms with van der Waals surface area (Å²) in [6.45, 7) is 0.376. The zero-order valence-electron chi connectivity index (χ0n) is 13.9. The van der Waals surface area contributed by atoms with Crippen LogP contribution in [0.1, 0.15) is 41.0 Å². The number of likely N-dealkylation sites (tertiary alicyclic amines) is 1. The van der Waals surface area contributed by atoms with Crippen LogP contribution in [-0.2, 0) is 6.18 Å². The van der Waals surface area contributed by atoms with Crippen LogP contribution >= 0.6 is 0 Å². The summed E-state index contributed by atoms with van der Waals surface area (Å²) in [4.78, 5) is 18.4. The van der Waals surface area contributed by atoms with Crippen LogP contribution in [0.5, 0.6) is 0 Å². The van der Waals surface area contributed by atoms with Crippen LogP contribution in [0, 0.1) is 0 Å². The van der Waals surface area contributed by atoms with Gasteiger partial charge in [0.2, 0.25) is 11.7 Å². The molecule has 1 N–H and O–H groups in total. The summed E-state index contributed by atoms with van der Waals surface area (Å²) in [6, 6.07) is 9.41. The third-order valence-corrected chi connectivity index (χ3v) is 4.37. The molecular formula is C17H14F3N5O2. The molecule has 1 saturated heterocycles. The van der Waals surface area contributed by atoms with E-state index in [1.165, 1.54) is 4.90 Å². The summed E-state index contributed by atoms with van der Waals surface area (Å²) in [6.07, 6.45) is -3.33. The lowest BCUT2D eigenvalue weighted by Crippen LogP contribution is -2.31. The van der Waals surface area contributed by atoms with Gasteiger partial charge in [-0.05, 0) is 12.8 Å². The zero-order valence-corrected chi connectivity index (χ0v) is 13.9. The lowest BCUT2D eigenvalue weighted by Gasteiger charge is -2.20. The number of amides is 1. The molecule has 27 heavy (non-hydrogen) atoms. The highest BCUT2D eigenvalue weighted by Gasteiger charge is 2.38. The quantitative estimate of drug-likeness (QED) is 0.755. The van der Waals surface area contributed by atoms with Crippen molar-refractivity contribution in [2.45, 2.75) is 25.1 Å². The average Bonchev–Trinajstić information content (AvgIpc) is 3.40. The first kappa shape index (κ1) is 17.3. The van der Waals surface area contributed by atoms with Gasteiger partial charge in [0.15, 0.2) is 5.69 Å². The second kappa shape index (κ2) is 6.53. The Morgan fingerprint density at radius 1 is 1.26 bits per heavy atom. The molecule has 0 aliphatic carbocycles. The van der Waals surface area contributed by atoms with Crippen molar-refractivity contribution < 1.29 is 22.5 Å². The number of nitrogens with one attached hydrogen (secondary N) is 1. The van der Waals surface area contributed by atoms with E-state index in [0.717, 1.165) is 5.56 Å². The van der Waals surface area contributed by atoms with Gasteiger partial charge in [-0.3, -0.25) is 9.89 Å². The number of H-pyrrole nitrogens is 1. The van der Waals surface area contributed by atoms with Gasteiger partial charge in [0.05, 0.1) is 0 Å². The van der Waals surface area contributed by atoms with Crippen molar-refractivity contribution in [3.8, 4) is 11.4 Å². The molecule has 1 fully saturated rings. The van der Waals surface area contributed by atoms with E-state index in [0.29, 0.717) is 31.3 Å². The molecule has 2 aromatic heterocycles. The van der Waals surface area contributed by atoms with Gasteiger partial charge in [-0.15, -0.1) is 0 Å². The summed E-state index contributed by atoms with van der Waals surface area (Å²) < 4.78 is 43.5. The molecule has 3 aromatic rings. The molecule has 0 unspecified atom stereocenters.